The summed E-state index contributed by atoms with van der Waals surface area (Å²) in [6.07, 6.45) is 5.26. The first-order valence-corrected chi connectivity index (χ1v) is 15.8. The molecule has 3 atom stereocenters. The zero-order valence-electron chi connectivity index (χ0n) is 28.8. The van der Waals surface area contributed by atoms with Crippen LogP contribution in [0, 0.1) is 34.0 Å². The van der Waals surface area contributed by atoms with Gasteiger partial charge in [0.1, 0.15) is 0 Å². The summed E-state index contributed by atoms with van der Waals surface area (Å²) in [6.45, 7) is 27.0. The molecule has 240 valence electrons. The molecule has 0 spiro atoms. The summed E-state index contributed by atoms with van der Waals surface area (Å²) in [7, 11) is 0. The molecule has 0 saturated heterocycles. The lowest BCUT2D eigenvalue weighted by atomic mass is 9.84. The maximum Gasteiger partial charge on any atom is 0.338 e. The molecule has 3 unspecified atom stereocenters. The minimum Gasteiger partial charge on any atom is -0.462 e. The van der Waals surface area contributed by atoms with E-state index in [1.807, 2.05) is 0 Å². The summed E-state index contributed by atoms with van der Waals surface area (Å²) in [6, 6.07) is 4.35. The first-order valence-electron chi connectivity index (χ1n) is 15.8. The van der Waals surface area contributed by atoms with Crippen molar-refractivity contribution in [2.75, 3.05) is 19.8 Å². The summed E-state index contributed by atoms with van der Waals surface area (Å²) in [5, 5.41) is 0. The highest BCUT2D eigenvalue weighted by atomic mass is 16.5. The number of benzene rings is 1. The monoisotopic (exact) mass is 588 g/mol. The van der Waals surface area contributed by atoms with E-state index < -0.39 is 17.9 Å². The topological polar surface area (TPSA) is 78.9 Å². The predicted molar refractivity (Wildman–Crippen MR) is 171 cm³/mol. The molecule has 0 aliphatic rings. The van der Waals surface area contributed by atoms with Gasteiger partial charge in [0, 0.05) is 0 Å². The Morgan fingerprint density at radius 1 is 0.500 bits per heavy atom. The highest BCUT2D eigenvalue weighted by Crippen LogP contribution is 2.28. The molecule has 0 amide bonds. The summed E-state index contributed by atoms with van der Waals surface area (Å²) in [5.41, 5.74) is 1.01. The highest BCUT2D eigenvalue weighted by molar-refractivity contribution is 6.00. The summed E-state index contributed by atoms with van der Waals surface area (Å²) in [4.78, 5) is 39.0. The minimum absolute atomic E-state index is 0.141. The molecule has 0 bridgehead atoms. The van der Waals surface area contributed by atoms with Crippen LogP contribution in [-0.4, -0.2) is 37.7 Å². The number of hydrogen-bond donors (Lipinski definition) is 0. The van der Waals surface area contributed by atoms with E-state index in [9.17, 15) is 14.4 Å². The van der Waals surface area contributed by atoms with Crippen LogP contribution in [0.15, 0.2) is 18.2 Å². The summed E-state index contributed by atoms with van der Waals surface area (Å²) in [5.74, 6) is -0.527. The Balaban J connectivity index is 2.98. The van der Waals surface area contributed by atoms with E-state index in [2.05, 4.69) is 83.1 Å². The highest BCUT2D eigenvalue weighted by Gasteiger charge is 2.22. The number of carbonyl (C=O) groups excluding carboxylic acids is 3. The Morgan fingerprint density at radius 2 is 0.714 bits per heavy atom. The van der Waals surface area contributed by atoms with Crippen molar-refractivity contribution in [1.82, 2.24) is 0 Å². The van der Waals surface area contributed by atoms with E-state index >= 15 is 0 Å². The summed E-state index contributed by atoms with van der Waals surface area (Å²) < 4.78 is 16.7. The minimum atomic E-state index is -0.570. The fraction of sp³-hybridized carbons (Fsp3) is 0.750. The van der Waals surface area contributed by atoms with Gasteiger partial charge in [-0.1, -0.05) is 83.1 Å². The molecule has 6 nitrogen and oxygen atoms in total. The van der Waals surface area contributed by atoms with Gasteiger partial charge in [0.15, 0.2) is 0 Å². The second-order valence-electron chi connectivity index (χ2n) is 16.2. The van der Waals surface area contributed by atoms with Crippen molar-refractivity contribution in [3.63, 3.8) is 0 Å². The van der Waals surface area contributed by atoms with Crippen molar-refractivity contribution in [3.05, 3.63) is 34.9 Å². The zero-order valence-corrected chi connectivity index (χ0v) is 28.8. The predicted octanol–water partition coefficient (Wildman–Crippen LogP) is 9.54. The molecule has 0 radical (unpaired) electrons. The Morgan fingerprint density at radius 3 is 0.905 bits per heavy atom. The van der Waals surface area contributed by atoms with Gasteiger partial charge in [-0.25, -0.2) is 14.4 Å². The molecule has 0 heterocycles. The molecule has 0 saturated carbocycles. The van der Waals surface area contributed by atoms with E-state index in [1.165, 1.54) is 18.2 Å². The molecule has 0 aliphatic carbocycles. The Labute approximate surface area is 256 Å². The van der Waals surface area contributed by atoms with Crippen molar-refractivity contribution in [2.45, 2.75) is 122 Å². The molecule has 6 heteroatoms. The Kier molecular flexibility index (Phi) is 14.8. The van der Waals surface area contributed by atoms with Gasteiger partial charge < -0.3 is 14.2 Å². The second-order valence-corrected chi connectivity index (χ2v) is 16.2. The van der Waals surface area contributed by atoms with E-state index in [0.29, 0.717) is 17.8 Å². The number of hydrogen-bond acceptors (Lipinski definition) is 6. The van der Waals surface area contributed by atoms with Gasteiger partial charge in [0.25, 0.3) is 0 Å². The van der Waals surface area contributed by atoms with Gasteiger partial charge >= 0.3 is 17.9 Å². The van der Waals surface area contributed by atoms with E-state index in [4.69, 9.17) is 14.2 Å². The Bertz CT molecular complexity index is 864. The van der Waals surface area contributed by atoms with Crippen LogP contribution in [0.2, 0.25) is 0 Å². The van der Waals surface area contributed by atoms with Gasteiger partial charge in [-0.3, -0.25) is 0 Å². The smallest absolute Gasteiger partial charge is 0.338 e. The van der Waals surface area contributed by atoms with Crippen LogP contribution in [-0.2, 0) is 14.2 Å². The molecule has 42 heavy (non-hydrogen) atoms. The number of ether oxygens (including phenoxy) is 3. The zero-order chi connectivity index (χ0) is 32.3. The second kappa shape index (κ2) is 16.5. The first-order chi connectivity index (χ1) is 19.1. The fourth-order valence-electron chi connectivity index (χ4n) is 5.73. The lowest BCUT2D eigenvalue weighted by Gasteiger charge is -2.23. The van der Waals surface area contributed by atoms with Crippen LogP contribution in [0.4, 0.5) is 0 Å². The van der Waals surface area contributed by atoms with Gasteiger partial charge in [-0.05, 0) is 90.7 Å². The third-order valence-electron chi connectivity index (χ3n) is 7.05. The van der Waals surface area contributed by atoms with Crippen molar-refractivity contribution in [2.24, 2.45) is 34.0 Å². The fourth-order valence-corrected chi connectivity index (χ4v) is 5.73. The number of carbonyl (C=O) groups is 3. The molecule has 0 aliphatic heterocycles. The average Bonchev–Trinajstić information content (AvgIpc) is 2.80. The van der Waals surface area contributed by atoms with E-state index in [0.717, 1.165) is 38.5 Å². The Hall–Kier alpha value is -2.37. The molecule has 1 rings (SSSR count). The van der Waals surface area contributed by atoms with Gasteiger partial charge in [-0.15, -0.1) is 0 Å². The van der Waals surface area contributed by atoms with Gasteiger partial charge in [0.05, 0.1) is 36.5 Å². The van der Waals surface area contributed by atoms with E-state index in [1.54, 1.807) is 0 Å². The largest absolute Gasteiger partial charge is 0.462 e. The quantitative estimate of drug-likeness (QED) is 0.150. The SMILES string of the molecule is CC(CCOC(=O)c1cc(C(=O)OCCC(C)CC(C)(C)C)cc(C(=O)OCCC(C)CC(C)(C)C)c1)CC(C)(C)C. The standard InChI is InChI=1S/C36H60O6/c1-25(22-34(4,5)6)13-16-40-31(37)28-19-29(32(38)41-17-14-26(2)23-35(7,8)9)21-30(20-28)33(39)42-18-15-27(3)24-36(10,11)12/h19-21,25-27H,13-18,22-24H2,1-12H3. The van der Waals surface area contributed by atoms with Crippen LogP contribution in [0.25, 0.3) is 0 Å². The van der Waals surface area contributed by atoms with Crippen LogP contribution in [0.1, 0.15) is 153 Å². The third-order valence-corrected chi connectivity index (χ3v) is 7.05. The molecular weight excluding hydrogens is 528 g/mol. The van der Waals surface area contributed by atoms with Gasteiger partial charge in [-0.2, -0.15) is 0 Å². The maximum atomic E-state index is 13.0. The van der Waals surface area contributed by atoms with Crippen molar-refractivity contribution in [1.29, 1.82) is 0 Å². The molecule has 1 aromatic carbocycles. The molecule has 1 aromatic rings. The van der Waals surface area contributed by atoms with Crippen molar-refractivity contribution in [3.8, 4) is 0 Å². The van der Waals surface area contributed by atoms with Crippen LogP contribution in [0.5, 0.6) is 0 Å². The number of rotatable bonds is 15. The maximum absolute atomic E-state index is 13.0. The normalized spacial score (nSPS) is 14.6. The number of esters is 3. The molecule has 0 fully saturated rings. The molecule has 0 aromatic heterocycles. The average molecular weight is 589 g/mol. The third kappa shape index (κ3) is 16.9. The lowest BCUT2D eigenvalue weighted by Crippen LogP contribution is -2.17. The van der Waals surface area contributed by atoms with Gasteiger partial charge in [0.2, 0.25) is 0 Å². The van der Waals surface area contributed by atoms with Crippen molar-refractivity contribution < 1.29 is 28.6 Å². The summed E-state index contributed by atoms with van der Waals surface area (Å²) >= 11 is 0. The van der Waals surface area contributed by atoms with Crippen LogP contribution in [0.3, 0.4) is 0 Å². The van der Waals surface area contributed by atoms with E-state index in [-0.39, 0.29) is 52.8 Å². The lowest BCUT2D eigenvalue weighted by molar-refractivity contribution is 0.0477. The van der Waals surface area contributed by atoms with Crippen LogP contribution < -0.4 is 0 Å². The van der Waals surface area contributed by atoms with Crippen LogP contribution >= 0.6 is 0 Å². The van der Waals surface area contributed by atoms with Crippen molar-refractivity contribution >= 4 is 17.9 Å². The molecular formula is C36H60O6. The first kappa shape index (κ1) is 37.7. The molecule has 0 N–H and O–H groups in total.